The molecule has 1 aromatic rings. The molecule has 1 aromatic carbocycles. The maximum atomic E-state index is 12.6. The fraction of sp³-hybridized carbons (Fsp3) is 0.714. The van der Waals surface area contributed by atoms with Crippen molar-refractivity contribution in [1.29, 1.82) is 0 Å². The minimum Gasteiger partial charge on any atom is -0.444 e. The van der Waals surface area contributed by atoms with Gasteiger partial charge in [0, 0.05) is 53.2 Å². The van der Waals surface area contributed by atoms with Gasteiger partial charge in [0.15, 0.2) is 0 Å². The average Bonchev–Trinajstić information content (AvgIpc) is 3.02. The molecule has 46 heavy (non-hydrogen) atoms. The lowest BCUT2D eigenvalue weighted by Crippen LogP contribution is -2.52. The van der Waals surface area contributed by atoms with Crippen LogP contribution < -0.4 is 20.0 Å². The minimum atomic E-state index is -0.703. The Balaban J connectivity index is 1.12. The van der Waals surface area contributed by atoms with Crippen molar-refractivity contribution in [2.75, 3.05) is 74.6 Å². The zero-order valence-corrected chi connectivity index (χ0v) is 28.5. The van der Waals surface area contributed by atoms with Gasteiger partial charge in [-0.2, -0.15) is 0 Å². The lowest BCUT2D eigenvalue weighted by atomic mass is 9.78. The van der Waals surface area contributed by atoms with Crippen LogP contribution in [0.5, 0.6) is 0 Å². The lowest BCUT2D eigenvalue weighted by molar-refractivity contribution is -0.134. The Hall–Kier alpha value is -3.34. The van der Waals surface area contributed by atoms with E-state index < -0.39 is 17.6 Å². The number of carbonyl (C=O) groups excluding carboxylic acids is 4. The first-order valence-electron chi connectivity index (χ1n) is 17.3. The number of anilines is 3. The Labute approximate surface area is 274 Å². The fourth-order valence-corrected chi connectivity index (χ4v) is 7.90. The van der Waals surface area contributed by atoms with E-state index in [0.717, 1.165) is 101 Å². The molecular formula is C35H54N6O5. The van der Waals surface area contributed by atoms with Crippen LogP contribution in [0.2, 0.25) is 0 Å². The zero-order valence-electron chi connectivity index (χ0n) is 28.5. The van der Waals surface area contributed by atoms with Crippen LogP contribution in [0, 0.1) is 17.8 Å². The molecule has 4 amide bonds. The Morgan fingerprint density at radius 1 is 0.935 bits per heavy atom. The van der Waals surface area contributed by atoms with Crippen LogP contribution in [0.4, 0.5) is 21.9 Å². The number of rotatable bonds is 8. The van der Waals surface area contributed by atoms with E-state index in [2.05, 4.69) is 21.2 Å². The first kappa shape index (κ1) is 34.0. The van der Waals surface area contributed by atoms with E-state index in [9.17, 15) is 19.2 Å². The highest BCUT2D eigenvalue weighted by Gasteiger charge is 2.36. The summed E-state index contributed by atoms with van der Waals surface area (Å²) < 4.78 is 5.56. The van der Waals surface area contributed by atoms with Crippen molar-refractivity contribution < 1.29 is 23.9 Å². The number of benzene rings is 1. The van der Waals surface area contributed by atoms with Crippen LogP contribution in [-0.2, 0) is 19.1 Å². The van der Waals surface area contributed by atoms with E-state index in [1.165, 1.54) is 17.7 Å². The highest BCUT2D eigenvalue weighted by Crippen LogP contribution is 2.42. The van der Waals surface area contributed by atoms with Gasteiger partial charge >= 0.3 is 6.09 Å². The zero-order chi connectivity index (χ0) is 33.0. The standard InChI is InChI=1S/C35H54N6O5/c1-35(2,3)46-34(45)40-19-11-25(12-20-40)23-38-17-13-26(14-18-38)27-15-21-39(22-16-27)28-7-6-8-29(32(28)37(4)5)41(24-42)30-9-10-31(43)36-33(30)44/h6-8,24-27,30H,9-23H2,1-5H3,(H,36,43,44). The first-order valence-corrected chi connectivity index (χ1v) is 17.3. The van der Waals surface area contributed by atoms with Crippen LogP contribution >= 0.6 is 0 Å². The molecule has 4 aliphatic heterocycles. The second-order valence-electron chi connectivity index (χ2n) is 14.9. The Bertz CT molecular complexity index is 1240. The molecule has 4 fully saturated rings. The molecular weight excluding hydrogens is 584 g/mol. The summed E-state index contributed by atoms with van der Waals surface area (Å²) in [5.41, 5.74) is 2.24. The molecule has 0 bridgehead atoms. The van der Waals surface area contributed by atoms with Gasteiger partial charge in [0.25, 0.3) is 0 Å². The van der Waals surface area contributed by atoms with Gasteiger partial charge in [-0.25, -0.2) is 4.79 Å². The second-order valence-corrected chi connectivity index (χ2v) is 14.9. The fourth-order valence-electron chi connectivity index (χ4n) is 7.90. The third-order valence-corrected chi connectivity index (χ3v) is 10.3. The molecule has 0 radical (unpaired) electrons. The molecule has 0 aromatic heterocycles. The van der Waals surface area contributed by atoms with E-state index in [4.69, 9.17) is 4.74 Å². The number of nitrogens with zero attached hydrogens (tertiary/aromatic N) is 5. The van der Waals surface area contributed by atoms with Crippen LogP contribution in [0.25, 0.3) is 0 Å². The van der Waals surface area contributed by atoms with Crippen LogP contribution in [0.3, 0.4) is 0 Å². The summed E-state index contributed by atoms with van der Waals surface area (Å²) in [6.07, 6.45) is 7.97. The van der Waals surface area contributed by atoms with Crippen LogP contribution in [0.1, 0.15) is 72.1 Å². The number of para-hydroxylation sites is 1. The monoisotopic (exact) mass is 638 g/mol. The summed E-state index contributed by atoms with van der Waals surface area (Å²) >= 11 is 0. The summed E-state index contributed by atoms with van der Waals surface area (Å²) in [6, 6.07) is 5.26. The molecule has 4 aliphatic rings. The molecule has 4 saturated heterocycles. The number of amides is 4. The summed E-state index contributed by atoms with van der Waals surface area (Å²) in [6.45, 7) is 12.7. The van der Waals surface area contributed by atoms with Gasteiger partial charge in [-0.05, 0) is 109 Å². The molecule has 4 heterocycles. The van der Waals surface area contributed by atoms with E-state index in [0.29, 0.717) is 18.0 Å². The van der Waals surface area contributed by atoms with Crippen molar-refractivity contribution in [3.8, 4) is 0 Å². The molecule has 1 unspecified atom stereocenters. The van der Waals surface area contributed by atoms with Crippen LogP contribution in [-0.4, -0.2) is 106 Å². The Morgan fingerprint density at radius 3 is 2.13 bits per heavy atom. The number of nitrogens with one attached hydrogen (secondary N) is 1. The van der Waals surface area contributed by atoms with Gasteiger partial charge in [-0.3, -0.25) is 19.7 Å². The predicted octanol–water partition coefficient (Wildman–Crippen LogP) is 4.10. The van der Waals surface area contributed by atoms with Crippen molar-refractivity contribution in [3.05, 3.63) is 18.2 Å². The topological polar surface area (TPSA) is 106 Å². The van der Waals surface area contributed by atoms with Gasteiger partial charge in [0.05, 0.1) is 17.1 Å². The SMILES string of the molecule is CN(C)c1c(N2CCC(C3CCN(CC4CCN(C(=O)OC(C)(C)C)CC4)CC3)CC2)cccc1N(C=O)C1CCC(=O)NC1=O. The maximum absolute atomic E-state index is 12.6. The molecule has 1 atom stereocenters. The predicted molar refractivity (Wildman–Crippen MR) is 180 cm³/mol. The third-order valence-electron chi connectivity index (χ3n) is 10.3. The van der Waals surface area contributed by atoms with Gasteiger partial charge in [-0.15, -0.1) is 0 Å². The molecule has 0 aliphatic carbocycles. The minimum absolute atomic E-state index is 0.182. The third kappa shape index (κ3) is 8.14. The lowest BCUT2D eigenvalue weighted by Gasteiger charge is -2.43. The summed E-state index contributed by atoms with van der Waals surface area (Å²) in [4.78, 5) is 59.6. The van der Waals surface area contributed by atoms with E-state index in [-0.39, 0.29) is 18.4 Å². The highest BCUT2D eigenvalue weighted by atomic mass is 16.6. The van der Waals surface area contributed by atoms with Crippen molar-refractivity contribution >= 4 is 41.4 Å². The number of hydrogen-bond donors (Lipinski definition) is 1. The van der Waals surface area contributed by atoms with Crippen molar-refractivity contribution in [1.82, 2.24) is 15.1 Å². The molecule has 0 saturated carbocycles. The number of hydrogen-bond acceptors (Lipinski definition) is 8. The van der Waals surface area contributed by atoms with Gasteiger partial charge < -0.3 is 29.2 Å². The number of carbonyl (C=O) groups is 4. The molecule has 5 rings (SSSR count). The number of likely N-dealkylation sites (tertiary alicyclic amines) is 2. The van der Waals surface area contributed by atoms with Gasteiger partial charge in [-0.1, -0.05) is 6.07 Å². The molecule has 254 valence electrons. The molecule has 11 heteroatoms. The number of imide groups is 1. The average molecular weight is 639 g/mol. The summed E-state index contributed by atoms with van der Waals surface area (Å²) in [5, 5.41) is 2.39. The second kappa shape index (κ2) is 14.6. The molecule has 1 N–H and O–H groups in total. The Kier molecular flexibility index (Phi) is 10.8. The van der Waals surface area contributed by atoms with Gasteiger partial charge in [0.2, 0.25) is 18.2 Å². The normalized spacial score (nSPS) is 22.8. The number of ether oxygens (including phenoxy) is 1. The van der Waals surface area contributed by atoms with Crippen molar-refractivity contribution in [3.63, 3.8) is 0 Å². The quantitative estimate of drug-likeness (QED) is 0.335. The Morgan fingerprint density at radius 2 is 1.57 bits per heavy atom. The largest absolute Gasteiger partial charge is 0.444 e. The van der Waals surface area contributed by atoms with E-state index in [1.807, 2.05) is 56.8 Å². The van der Waals surface area contributed by atoms with E-state index >= 15 is 0 Å². The molecule has 11 nitrogen and oxygen atoms in total. The van der Waals surface area contributed by atoms with E-state index in [1.54, 1.807) is 0 Å². The van der Waals surface area contributed by atoms with Crippen molar-refractivity contribution in [2.24, 2.45) is 17.8 Å². The number of piperidine rings is 4. The van der Waals surface area contributed by atoms with Crippen molar-refractivity contribution in [2.45, 2.75) is 83.8 Å². The van der Waals surface area contributed by atoms with Gasteiger partial charge in [0.1, 0.15) is 11.6 Å². The summed E-state index contributed by atoms with van der Waals surface area (Å²) in [7, 11) is 3.95. The smallest absolute Gasteiger partial charge is 0.410 e. The summed E-state index contributed by atoms with van der Waals surface area (Å²) in [5.74, 6) is 1.40. The molecule has 0 spiro atoms. The maximum Gasteiger partial charge on any atom is 0.410 e. The van der Waals surface area contributed by atoms with Crippen LogP contribution in [0.15, 0.2) is 18.2 Å². The highest BCUT2D eigenvalue weighted by molar-refractivity contribution is 6.05. The first-order chi connectivity index (χ1) is 21.9.